The Bertz CT molecular complexity index is 1130. The Kier molecular flexibility index (Phi) is 4.35. The van der Waals surface area contributed by atoms with E-state index in [9.17, 15) is 14.3 Å². The molecule has 0 aliphatic carbocycles. The third-order valence-electron chi connectivity index (χ3n) is 5.68. The van der Waals surface area contributed by atoms with Gasteiger partial charge in [-0.3, -0.25) is 4.79 Å². The van der Waals surface area contributed by atoms with Crippen LogP contribution in [0, 0.1) is 0 Å². The molecule has 9 heteroatoms. The normalized spacial score (nSPS) is 22.9. The molecule has 0 radical (unpaired) electrons. The Morgan fingerprint density at radius 3 is 3.10 bits per heavy atom. The van der Waals surface area contributed by atoms with E-state index in [1.807, 2.05) is 24.0 Å². The summed E-state index contributed by atoms with van der Waals surface area (Å²) in [5, 5.41) is 16.8. The summed E-state index contributed by atoms with van der Waals surface area (Å²) >= 11 is 0. The summed E-state index contributed by atoms with van der Waals surface area (Å²) in [5.74, 6) is 0.309. The van der Waals surface area contributed by atoms with Crippen LogP contribution in [0.3, 0.4) is 0 Å². The fourth-order valence-electron chi connectivity index (χ4n) is 4.11. The number of nitrogens with one attached hydrogen (secondary N) is 1. The van der Waals surface area contributed by atoms with Crippen LogP contribution in [-0.4, -0.2) is 57.1 Å². The van der Waals surface area contributed by atoms with Crippen LogP contribution >= 0.6 is 0 Å². The van der Waals surface area contributed by atoms with Crippen molar-refractivity contribution in [2.24, 2.45) is 0 Å². The summed E-state index contributed by atoms with van der Waals surface area (Å²) in [5.41, 5.74) is 2.27. The first-order valence-electron chi connectivity index (χ1n) is 9.91. The molecular formula is C21H22FN5O3. The molecular weight excluding hydrogens is 389 g/mol. The van der Waals surface area contributed by atoms with Crippen molar-refractivity contribution in [3.63, 3.8) is 0 Å². The summed E-state index contributed by atoms with van der Waals surface area (Å²) in [4.78, 5) is 19.2. The minimum absolute atomic E-state index is 0.122. The summed E-state index contributed by atoms with van der Waals surface area (Å²) < 4.78 is 21.4. The number of halogens is 1. The van der Waals surface area contributed by atoms with Gasteiger partial charge in [-0.2, -0.15) is 5.10 Å². The highest BCUT2D eigenvalue weighted by Gasteiger charge is 2.36. The van der Waals surface area contributed by atoms with Crippen molar-refractivity contribution >= 4 is 22.9 Å². The molecule has 2 aliphatic rings. The van der Waals surface area contributed by atoms with Crippen molar-refractivity contribution in [3.05, 3.63) is 47.9 Å². The van der Waals surface area contributed by atoms with Gasteiger partial charge in [-0.25, -0.2) is 13.9 Å². The third-order valence-corrected chi connectivity index (χ3v) is 5.68. The van der Waals surface area contributed by atoms with E-state index < -0.39 is 11.8 Å². The lowest BCUT2D eigenvalue weighted by Gasteiger charge is -2.23. The first-order chi connectivity index (χ1) is 14.5. The lowest BCUT2D eigenvalue weighted by molar-refractivity contribution is 0.0447. The molecule has 3 aromatic rings. The Balaban J connectivity index is 1.52. The number of ether oxygens (including phenoxy) is 1. The molecule has 1 unspecified atom stereocenters. The lowest BCUT2D eigenvalue weighted by atomic mass is 9.99. The number of aromatic nitrogens is 3. The first kappa shape index (κ1) is 18.8. The van der Waals surface area contributed by atoms with E-state index in [4.69, 9.17) is 4.74 Å². The van der Waals surface area contributed by atoms with Crippen LogP contribution in [0.5, 0.6) is 5.75 Å². The van der Waals surface area contributed by atoms with Gasteiger partial charge >= 0.3 is 0 Å². The van der Waals surface area contributed by atoms with Crippen LogP contribution in [0.4, 0.5) is 15.8 Å². The average Bonchev–Trinajstić information content (AvgIpc) is 3.43. The number of rotatable bonds is 4. The van der Waals surface area contributed by atoms with Crippen molar-refractivity contribution in [3.8, 4) is 5.75 Å². The summed E-state index contributed by atoms with van der Waals surface area (Å²) in [6, 6.07) is 5.42. The van der Waals surface area contributed by atoms with E-state index >= 15 is 0 Å². The molecule has 2 aliphatic heterocycles. The zero-order chi connectivity index (χ0) is 20.9. The van der Waals surface area contributed by atoms with Crippen molar-refractivity contribution < 1.29 is 19.0 Å². The number of hydrogen-bond donors (Lipinski definition) is 2. The van der Waals surface area contributed by atoms with Gasteiger partial charge in [0.1, 0.15) is 23.1 Å². The minimum Gasteiger partial charge on any atom is -0.484 e. The van der Waals surface area contributed by atoms with Crippen molar-refractivity contribution in [2.75, 3.05) is 29.9 Å². The van der Waals surface area contributed by atoms with Gasteiger partial charge < -0.3 is 20.1 Å². The standard InChI is InChI=1S/C21H22FN5O3/c1-21(12-28)9-13-7-16(17(8-18(13)30-21)26-6-3-14(22)11-26)25-20(29)15-10-24-27-5-2-4-23-19(15)27/h2,4-5,7-8,10,14,28H,3,6,9,11-12H2,1H3,(H,25,29)/t14?,21-/m1/s1. The van der Waals surface area contributed by atoms with Gasteiger partial charge in [0.05, 0.1) is 24.2 Å². The molecule has 4 heterocycles. The molecule has 1 saturated heterocycles. The predicted molar refractivity (Wildman–Crippen MR) is 109 cm³/mol. The monoisotopic (exact) mass is 411 g/mol. The Morgan fingerprint density at radius 2 is 2.33 bits per heavy atom. The van der Waals surface area contributed by atoms with Crippen molar-refractivity contribution in [1.82, 2.24) is 14.6 Å². The highest BCUT2D eigenvalue weighted by Crippen LogP contribution is 2.42. The maximum atomic E-state index is 13.9. The zero-order valence-electron chi connectivity index (χ0n) is 16.5. The van der Waals surface area contributed by atoms with Crippen LogP contribution < -0.4 is 15.0 Å². The number of carbonyl (C=O) groups is 1. The number of benzene rings is 1. The number of nitrogens with zero attached hydrogens (tertiary/aromatic N) is 4. The van der Waals surface area contributed by atoms with E-state index in [0.717, 1.165) is 5.56 Å². The number of amides is 1. The second kappa shape index (κ2) is 6.94. The molecule has 1 fully saturated rings. The van der Waals surface area contributed by atoms with Gasteiger partial charge in [0.15, 0.2) is 5.65 Å². The molecule has 8 nitrogen and oxygen atoms in total. The van der Waals surface area contributed by atoms with Crippen LogP contribution in [-0.2, 0) is 6.42 Å². The molecule has 0 bridgehead atoms. The number of alkyl halides is 1. The number of aliphatic hydroxyl groups excluding tert-OH is 1. The maximum Gasteiger partial charge on any atom is 0.261 e. The Morgan fingerprint density at radius 1 is 1.47 bits per heavy atom. The average molecular weight is 411 g/mol. The number of fused-ring (bicyclic) bond motifs is 2. The van der Waals surface area contributed by atoms with E-state index in [2.05, 4.69) is 15.4 Å². The van der Waals surface area contributed by atoms with E-state index in [-0.39, 0.29) is 19.1 Å². The van der Waals surface area contributed by atoms with Crippen LogP contribution in [0.15, 0.2) is 36.8 Å². The molecule has 2 aromatic heterocycles. The van der Waals surface area contributed by atoms with Gasteiger partial charge in [0.25, 0.3) is 5.91 Å². The summed E-state index contributed by atoms with van der Waals surface area (Å²) in [6.07, 6.45) is 4.86. The Labute approximate surface area is 172 Å². The van der Waals surface area contributed by atoms with E-state index in [1.54, 1.807) is 18.5 Å². The number of anilines is 2. The number of aliphatic hydroxyl groups is 1. The van der Waals surface area contributed by atoms with Gasteiger partial charge in [-0.1, -0.05) is 0 Å². The fraction of sp³-hybridized carbons (Fsp3) is 0.381. The van der Waals surface area contributed by atoms with Crippen LogP contribution in [0.25, 0.3) is 5.65 Å². The van der Waals surface area contributed by atoms with Gasteiger partial charge in [-0.05, 0) is 25.5 Å². The fourth-order valence-corrected chi connectivity index (χ4v) is 4.11. The minimum atomic E-state index is -0.908. The molecule has 2 atom stereocenters. The van der Waals surface area contributed by atoms with E-state index in [0.29, 0.717) is 47.7 Å². The van der Waals surface area contributed by atoms with Crippen LogP contribution in [0.1, 0.15) is 29.3 Å². The molecule has 156 valence electrons. The largest absolute Gasteiger partial charge is 0.484 e. The van der Waals surface area contributed by atoms with Crippen LogP contribution in [0.2, 0.25) is 0 Å². The lowest BCUT2D eigenvalue weighted by Crippen LogP contribution is -2.34. The smallest absolute Gasteiger partial charge is 0.261 e. The number of hydrogen-bond acceptors (Lipinski definition) is 6. The molecule has 1 aromatic carbocycles. The van der Waals surface area contributed by atoms with E-state index in [1.165, 1.54) is 10.7 Å². The molecule has 5 rings (SSSR count). The highest BCUT2D eigenvalue weighted by molar-refractivity contribution is 6.09. The summed E-state index contributed by atoms with van der Waals surface area (Å²) in [7, 11) is 0. The quantitative estimate of drug-likeness (QED) is 0.684. The van der Waals surface area contributed by atoms with Crippen molar-refractivity contribution in [1.29, 1.82) is 0 Å². The van der Waals surface area contributed by atoms with Gasteiger partial charge in [0, 0.05) is 43.5 Å². The predicted octanol–water partition coefficient (Wildman–Crippen LogP) is 2.22. The highest BCUT2D eigenvalue weighted by atomic mass is 19.1. The second-order valence-electron chi connectivity index (χ2n) is 8.10. The molecule has 0 saturated carbocycles. The number of carbonyl (C=O) groups excluding carboxylic acids is 1. The summed E-state index contributed by atoms with van der Waals surface area (Å²) in [6.45, 7) is 2.53. The van der Waals surface area contributed by atoms with Gasteiger partial charge in [-0.15, -0.1) is 0 Å². The second-order valence-corrected chi connectivity index (χ2v) is 8.10. The third kappa shape index (κ3) is 3.15. The maximum absolute atomic E-state index is 13.9. The topological polar surface area (TPSA) is 92.0 Å². The molecule has 0 spiro atoms. The molecule has 30 heavy (non-hydrogen) atoms. The first-order valence-corrected chi connectivity index (χ1v) is 9.91. The zero-order valence-corrected chi connectivity index (χ0v) is 16.5. The SMILES string of the molecule is C[C@]1(CO)Cc2cc(NC(=O)c3cnn4cccnc34)c(N3CCC(F)C3)cc2O1. The molecule has 1 amide bonds. The van der Waals surface area contributed by atoms with Crippen molar-refractivity contribution in [2.45, 2.75) is 31.5 Å². The Hall–Kier alpha value is -3.20. The van der Waals surface area contributed by atoms with Gasteiger partial charge in [0.2, 0.25) is 0 Å². The molecule has 2 N–H and O–H groups in total.